The largest absolute Gasteiger partial charge is 0.353 e. The molecule has 0 aliphatic heterocycles. The van der Waals surface area contributed by atoms with Crippen molar-refractivity contribution in [3.8, 4) is 0 Å². The number of fused-ring (bicyclic) bond motifs is 1. The van der Waals surface area contributed by atoms with E-state index in [0.717, 1.165) is 25.2 Å². The van der Waals surface area contributed by atoms with Gasteiger partial charge in [-0.1, -0.05) is 31.2 Å². The number of carbonyl (C=O) groups is 1. The fraction of sp³-hybridized carbons (Fsp3) is 0.579. The molecule has 3 rings (SSSR count). The Kier molecular flexibility index (Phi) is 5.07. The van der Waals surface area contributed by atoms with E-state index in [9.17, 15) is 4.79 Å². The van der Waals surface area contributed by atoms with Crippen LogP contribution in [0.4, 0.5) is 0 Å². The first-order valence-electron chi connectivity index (χ1n) is 8.87. The summed E-state index contributed by atoms with van der Waals surface area (Å²) in [5, 5.41) is 7.03. The van der Waals surface area contributed by atoms with Crippen LogP contribution >= 0.6 is 0 Å². The number of nitrogens with zero attached hydrogens (tertiary/aromatic N) is 2. The van der Waals surface area contributed by atoms with Crippen LogP contribution in [0.15, 0.2) is 29.3 Å². The Hall–Kier alpha value is -2.04. The Labute approximate surface area is 144 Å². The molecule has 2 N–H and O–H groups in total. The average Bonchev–Trinajstić information content (AvgIpc) is 3.26. The van der Waals surface area contributed by atoms with E-state index < -0.39 is 0 Å². The molecule has 0 aromatic heterocycles. The van der Waals surface area contributed by atoms with Crippen molar-refractivity contribution < 1.29 is 4.79 Å². The molecule has 5 heteroatoms. The number of likely N-dealkylation sites (N-methyl/N-ethyl adjacent to an activating group) is 1. The summed E-state index contributed by atoms with van der Waals surface area (Å²) < 4.78 is 0. The molecule has 24 heavy (non-hydrogen) atoms. The van der Waals surface area contributed by atoms with Crippen LogP contribution in [0.25, 0.3) is 0 Å². The molecule has 1 saturated carbocycles. The molecule has 5 nitrogen and oxygen atoms in total. The number of hydrogen-bond acceptors (Lipinski definition) is 2. The number of guanidine groups is 1. The van der Waals surface area contributed by atoms with Gasteiger partial charge in [0.15, 0.2) is 5.96 Å². The highest BCUT2D eigenvalue weighted by atomic mass is 16.2. The SMILES string of the molecule is CC1CC1NC(=NCC(=O)N(C)C)NC1CCc2ccccc2C1. The summed E-state index contributed by atoms with van der Waals surface area (Å²) in [6.07, 6.45) is 4.38. The quantitative estimate of drug-likeness (QED) is 0.652. The first kappa shape index (κ1) is 16.8. The van der Waals surface area contributed by atoms with E-state index in [-0.39, 0.29) is 12.5 Å². The van der Waals surface area contributed by atoms with Crippen LogP contribution in [0.1, 0.15) is 30.9 Å². The lowest BCUT2D eigenvalue weighted by atomic mass is 9.88. The monoisotopic (exact) mass is 328 g/mol. The minimum absolute atomic E-state index is 0.0222. The van der Waals surface area contributed by atoms with Gasteiger partial charge in [0.05, 0.1) is 0 Å². The van der Waals surface area contributed by atoms with Gasteiger partial charge in [-0.15, -0.1) is 0 Å². The lowest BCUT2D eigenvalue weighted by Crippen LogP contribution is -2.47. The summed E-state index contributed by atoms with van der Waals surface area (Å²) in [6.45, 7) is 2.42. The number of aliphatic imine (C=N–C) groups is 1. The zero-order valence-corrected chi connectivity index (χ0v) is 14.9. The van der Waals surface area contributed by atoms with E-state index in [1.54, 1.807) is 19.0 Å². The topological polar surface area (TPSA) is 56.7 Å². The third-order valence-electron chi connectivity index (χ3n) is 4.99. The minimum Gasteiger partial charge on any atom is -0.353 e. The van der Waals surface area contributed by atoms with E-state index in [4.69, 9.17) is 0 Å². The van der Waals surface area contributed by atoms with Gasteiger partial charge in [0.25, 0.3) is 0 Å². The van der Waals surface area contributed by atoms with Crippen molar-refractivity contribution in [1.82, 2.24) is 15.5 Å². The molecule has 0 spiro atoms. The molecular formula is C19H28N4O. The summed E-state index contributed by atoms with van der Waals surface area (Å²) in [5.41, 5.74) is 2.88. The second-order valence-electron chi connectivity index (χ2n) is 7.27. The molecule has 1 fully saturated rings. The van der Waals surface area contributed by atoms with Crippen LogP contribution in [0.5, 0.6) is 0 Å². The Balaban J connectivity index is 1.63. The number of rotatable bonds is 4. The van der Waals surface area contributed by atoms with Crippen molar-refractivity contribution in [3.63, 3.8) is 0 Å². The van der Waals surface area contributed by atoms with Gasteiger partial charge >= 0.3 is 0 Å². The molecule has 1 aromatic rings. The van der Waals surface area contributed by atoms with Crippen molar-refractivity contribution >= 4 is 11.9 Å². The van der Waals surface area contributed by atoms with Crippen LogP contribution in [-0.4, -0.2) is 49.5 Å². The predicted octanol–water partition coefficient (Wildman–Crippen LogP) is 1.58. The van der Waals surface area contributed by atoms with Crippen LogP contribution in [0.3, 0.4) is 0 Å². The Bertz CT molecular complexity index is 626. The molecule has 2 aliphatic rings. The van der Waals surface area contributed by atoms with Gasteiger partial charge in [0.1, 0.15) is 6.54 Å². The third-order valence-corrected chi connectivity index (χ3v) is 4.99. The summed E-state index contributed by atoms with van der Waals surface area (Å²) in [5.74, 6) is 1.49. The second-order valence-corrected chi connectivity index (χ2v) is 7.27. The predicted molar refractivity (Wildman–Crippen MR) is 97.1 cm³/mol. The molecule has 0 bridgehead atoms. The van der Waals surface area contributed by atoms with Gasteiger partial charge in [0.2, 0.25) is 5.91 Å². The third kappa shape index (κ3) is 4.28. The van der Waals surface area contributed by atoms with Gasteiger partial charge in [-0.2, -0.15) is 0 Å². The molecule has 0 saturated heterocycles. The van der Waals surface area contributed by atoms with Gasteiger partial charge in [-0.25, -0.2) is 4.99 Å². The molecule has 2 aliphatic carbocycles. The first-order chi connectivity index (χ1) is 11.5. The molecule has 1 aromatic carbocycles. The minimum atomic E-state index is 0.0222. The van der Waals surface area contributed by atoms with E-state index in [0.29, 0.717) is 18.0 Å². The molecule has 3 unspecified atom stereocenters. The Morgan fingerprint density at radius 3 is 2.62 bits per heavy atom. The average molecular weight is 328 g/mol. The maximum Gasteiger partial charge on any atom is 0.243 e. The molecule has 0 heterocycles. The van der Waals surface area contributed by atoms with Gasteiger partial charge < -0.3 is 15.5 Å². The van der Waals surface area contributed by atoms with Crippen LogP contribution in [0, 0.1) is 5.92 Å². The van der Waals surface area contributed by atoms with E-state index in [2.05, 4.69) is 46.8 Å². The van der Waals surface area contributed by atoms with Crippen LogP contribution < -0.4 is 10.6 Å². The van der Waals surface area contributed by atoms with Gasteiger partial charge in [0, 0.05) is 26.2 Å². The number of amides is 1. The normalized spacial score (nSPS) is 25.6. The number of hydrogen-bond donors (Lipinski definition) is 2. The fourth-order valence-electron chi connectivity index (χ4n) is 3.13. The highest BCUT2D eigenvalue weighted by Gasteiger charge is 2.33. The van der Waals surface area contributed by atoms with Crippen molar-refractivity contribution in [2.24, 2.45) is 10.9 Å². The molecule has 0 radical (unpaired) electrons. The number of nitrogens with one attached hydrogen (secondary N) is 2. The smallest absolute Gasteiger partial charge is 0.243 e. The number of carbonyl (C=O) groups excluding carboxylic acids is 1. The van der Waals surface area contributed by atoms with Crippen LogP contribution in [-0.2, 0) is 17.6 Å². The molecular weight excluding hydrogens is 300 g/mol. The highest BCUT2D eigenvalue weighted by molar-refractivity contribution is 5.85. The van der Waals surface area contributed by atoms with Crippen molar-refractivity contribution in [2.75, 3.05) is 20.6 Å². The second kappa shape index (κ2) is 7.24. The summed E-state index contributed by atoms with van der Waals surface area (Å²) in [4.78, 5) is 17.9. The van der Waals surface area contributed by atoms with Crippen molar-refractivity contribution in [1.29, 1.82) is 0 Å². The Morgan fingerprint density at radius 1 is 1.25 bits per heavy atom. The van der Waals surface area contributed by atoms with Crippen molar-refractivity contribution in [2.45, 2.75) is 44.7 Å². The van der Waals surface area contributed by atoms with E-state index in [1.165, 1.54) is 17.5 Å². The summed E-state index contributed by atoms with van der Waals surface area (Å²) in [6, 6.07) is 9.52. The van der Waals surface area contributed by atoms with Gasteiger partial charge in [-0.3, -0.25) is 4.79 Å². The van der Waals surface area contributed by atoms with Crippen LogP contribution in [0.2, 0.25) is 0 Å². The van der Waals surface area contributed by atoms with Gasteiger partial charge in [-0.05, 0) is 42.7 Å². The lowest BCUT2D eigenvalue weighted by molar-refractivity contribution is -0.127. The molecule has 3 atom stereocenters. The Morgan fingerprint density at radius 2 is 1.96 bits per heavy atom. The van der Waals surface area contributed by atoms with Crippen molar-refractivity contribution in [3.05, 3.63) is 35.4 Å². The van der Waals surface area contributed by atoms with E-state index in [1.807, 2.05) is 0 Å². The maximum absolute atomic E-state index is 11.8. The lowest BCUT2D eigenvalue weighted by Gasteiger charge is -2.27. The zero-order valence-electron chi connectivity index (χ0n) is 14.9. The number of benzene rings is 1. The zero-order chi connectivity index (χ0) is 17.1. The highest BCUT2D eigenvalue weighted by Crippen LogP contribution is 2.29. The fourth-order valence-corrected chi connectivity index (χ4v) is 3.13. The molecule has 1 amide bonds. The number of aryl methyl sites for hydroxylation is 1. The summed E-state index contributed by atoms with van der Waals surface area (Å²) in [7, 11) is 3.53. The standard InChI is InChI=1S/C19H28N4O/c1-13-10-17(13)22-19(20-12-18(24)23(2)3)21-16-9-8-14-6-4-5-7-15(14)11-16/h4-7,13,16-17H,8-12H2,1-3H3,(H2,20,21,22). The maximum atomic E-state index is 11.8. The summed E-state index contributed by atoms with van der Waals surface area (Å²) >= 11 is 0. The first-order valence-corrected chi connectivity index (χ1v) is 8.87. The molecule has 130 valence electrons. The van der Waals surface area contributed by atoms with E-state index >= 15 is 0 Å².